The zero-order valence-corrected chi connectivity index (χ0v) is 9.95. The van der Waals surface area contributed by atoms with Crippen molar-refractivity contribution < 1.29 is 17.6 Å². The fourth-order valence-corrected chi connectivity index (χ4v) is 1.70. The van der Waals surface area contributed by atoms with Crippen molar-refractivity contribution in [1.82, 2.24) is 5.32 Å². The highest BCUT2D eigenvalue weighted by molar-refractivity contribution is 5.31. The van der Waals surface area contributed by atoms with Crippen LogP contribution in [-0.2, 0) is 5.54 Å². The topological polar surface area (TPSA) is 12.0 Å². The highest BCUT2D eigenvalue weighted by Crippen LogP contribution is 2.31. The Bertz CT molecular complexity index is 406. The molecule has 1 unspecified atom stereocenters. The minimum absolute atomic E-state index is 0.0966. The molecule has 1 aromatic carbocycles. The van der Waals surface area contributed by atoms with Crippen LogP contribution >= 0.6 is 0 Å². The summed E-state index contributed by atoms with van der Waals surface area (Å²) in [5.74, 6) is -1.51. The predicted molar refractivity (Wildman–Crippen MR) is 58.1 cm³/mol. The molecule has 0 saturated heterocycles. The number of aryl methyl sites for hydroxylation is 1. The minimum atomic E-state index is -2.83. The zero-order valence-electron chi connectivity index (χ0n) is 9.95. The third-order valence-corrected chi connectivity index (χ3v) is 2.79. The number of alkyl halides is 2. The molecule has 0 aliphatic rings. The van der Waals surface area contributed by atoms with Crippen LogP contribution in [0.3, 0.4) is 0 Å². The molecule has 1 aromatic rings. The summed E-state index contributed by atoms with van der Waals surface area (Å²) in [7, 11) is 0. The SMILES string of the molecule is CCNC(C)(c1cc(F)c(C)cc1F)C(F)F. The van der Waals surface area contributed by atoms with E-state index >= 15 is 0 Å². The Labute approximate surface area is 97.8 Å². The van der Waals surface area contributed by atoms with Gasteiger partial charge in [-0.2, -0.15) is 0 Å². The molecule has 0 aliphatic carbocycles. The number of rotatable bonds is 4. The molecule has 1 rings (SSSR count). The molecule has 17 heavy (non-hydrogen) atoms. The van der Waals surface area contributed by atoms with E-state index in [0.717, 1.165) is 19.1 Å². The summed E-state index contributed by atoms with van der Waals surface area (Å²) in [5, 5.41) is 2.51. The summed E-state index contributed by atoms with van der Waals surface area (Å²) in [5.41, 5.74) is -2.13. The standard InChI is InChI=1S/C12H15F4N/c1-4-17-12(3,11(15)16)8-6-9(13)7(2)5-10(8)14/h5-6,11,17H,4H2,1-3H3. The lowest BCUT2D eigenvalue weighted by atomic mass is 9.91. The third kappa shape index (κ3) is 2.60. The van der Waals surface area contributed by atoms with Crippen LogP contribution in [0.4, 0.5) is 17.6 Å². The molecule has 0 aliphatic heterocycles. The molecular weight excluding hydrogens is 234 g/mol. The zero-order chi connectivity index (χ0) is 13.2. The molecule has 0 fully saturated rings. The maximum Gasteiger partial charge on any atom is 0.260 e. The first kappa shape index (κ1) is 14.0. The number of halogens is 4. The molecular formula is C12H15F4N. The van der Waals surface area contributed by atoms with Crippen molar-refractivity contribution in [3.05, 3.63) is 34.9 Å². The second-order valence-corrected chi connectivity index (χ2v) is 4.11. The first-order valence-corrected chi connectivity index (χ1v) is 5.32. The van der Waals surface area contributed by atoms with Gasteiger partial charge in [0, 0.05) is 5.56 Å². The second kappa shape index (κ2) is 5.04. The fourth-order valence-electron chi connectivity index (χ4n) is 1.70. The molecule has 0 saturated carbocycles. The molecule has 0 radical (unpaired) electrons. The summed E-state index contributed by atoms with van der Waals surface area (Å²) < 4.78 is 53.1. The van der Waals surface area contributed by atoms with Gasteiger partial charge in [-0.15, -0.1) is 0 Å². The molecule has 0 spiro atoms. The van der Waals surface area contributed by atoms with Crippen LogP contribution in [0.5, 0.6) is 0 Å². The Hall–Kier alpha value is -1.10. The van der Waals surface area contributed by atoms with Crippen molar-refractivity contribution in [3.63, 3.8) is 0 Å². The van der Waals surface area contributed by atoms with Crippen molar-refractivity contribution in [3.8, 4) is 0 Å². The summed E-state index contributed by atoms with van der Waals surface area (Å²) in [6.45, 7) is 4.41. The minimum Gasteiger partial charge on any atom is -0.303 e. The molecule has 96 valence electrons. The average Bonchev–Trinajstić information content (AvgIpc) is 2.23. The van der Waals surface area contributed by atoms with Crippen LogP contribution in [0, 0.1) is 18.6 Å². The smallest absolute Gasteiger partial charge is 0.260 e. The molecule has 5 heteroatoms. The lowest BCUT2D eigenvalue weighted by Gasteiger charge is -2.30. The first-order valence-electron chi connectivity index (χ1n) is 5.32. The Morgan fingerprint density at radius 3 is 2.29 bits per heavy atom. The van der Waals surface area contributed by atoms with Crippen LogP contribution in [-0.4, -0.2) is 13.0 Å². The van der Waals surface area contributed by atoms with E-state index in [1.165, 1.54) is 6.92 Å². The summed E-state index contributed by atoms with van der Waals surface area (Å²) in [4.78, 5) is 0. The molecule has 1 N–H and O–H groups in total. The van der Waals surface area contributed by atoms with Gasteiger partial charge in [-0.25, -0.2) is 17.6 Å². The van der Waals surface area contributed by atoms with E-state index in [4.69, 9.17) is 0 Å². The molecule has 0 aromatic heterocycles. The van der Waals surface area contributed by atoms with Gasteiger partial charge in [-0.1, -0.05) is 6.92 Å². The normalized spacial score (nSPS) is 15.1. The van der Waals surface area contributed by atoms with Gasteiger partial charge >= 0.3 is 0 Å². The number of benzene rings is 1. The van der Waals surface area contributed by atoms with Crippen LogP contribution in [0.1, 0.15) is 25.0 Å². The van der Waals surface area contributed by atoms with E-state index in [1.807, 2.05) is 0 Å². The van der Waals surface area contributed by atoms with Gasteiger partial charge in [0.05, 0.1) is 0 Å². The quantitative estimate of drug-likeness (QED) is 0.807. The molecule has 0 bridgehead atoms. The predicted octanol–water partition coefficient (Wildman–Crippen LogP) is 3.36. The summed E-state index contributed by atoms with van der Waals surface area (Å²) >= 11 is 0. The van der Waals surface area contributed by atoms with Crippen molar-refractivity contribution in [2.24, 2.45) is 0 Å². The van der Waals surface area contributed by atoms with E-state index in [-0.39, 0.29) is 17.7 Å². The second-order valence-electron chi connectivity index (χ2n) is 4.11. The van der Waals surface area contributed by atoms with Crippen molar-refractivity contribution in [1.29, 1.82) is 0 Å². The lowest BCUT2D eigenvalue weighted by Crippen LogP contribution is -2.46. The maximum atomic E-state index is 13.7. The molecule has 1 atom stereocenters. The van der Waals surface area contributed by atoms with Crippen molar-refractivity contribution >= 4 is 0 Å². The van der Waals surface area contributed by atoms with Crippen LogP contribution in [0.2, 0.25) is 0 Å². The number of hydrogen-bond acceptors (Lipinski definition) is 1. The largest absolute Gasteiger partial charge is 0.303 e. The van der Waals surface area contributed by atoms with Gasteiger partial charge in [-0.3, -0.25) is 0 Å². The van der Waals surface area contributed by atoms with E-state index in [2.05, 4.69) is 5.32 Å². The third-order valence-electron chi connectivity index (χ3n) is 2.79. The summed E-state index contributed by atoms with van der Waals surface area (Å²) in [6.07, 6.45) is -2.83. The number of hydrogen-bond donors (Lipinski definition) is 1. The Morgan fingerprint density at radius 2 is 1.82 bits per heavy atom. The Morgan fingerprint density at radius 1 is 1.24 bits per heavy atom. The van der Waals surface area contributed by atoms with Crippen LogP contribution in [0.25, 0.3) is 0 Å². The Kier molecular flexibility index (Phi) is 4.14. The maximum absolute atomic E-state index is 13.7. The monoisotopic (exact) mass is 249 g/mol. The van der Waals surface area contributed by atoms with Gasteiger partial charge in [0.15, 0.2) is 0 Å². The van der Waals surface area contributed by atoms with E-state index in [1.54, 1.807) is 6.92 Å². The highest BCUT2D eigenvalue weighted by Gasteiger charge is 2.38. The van der Waals surface area contributed by atoms with Gasteiger partial charge in [0.1, 0.15) is 17.2 Å². The molecule has 0 amide bonds. The van der Waals surface area contributed by atoms with Gasteiger partial charge in [0.25, 0.3) is 6.43 Å². The van der Waals surface area contributed by atoms with Gasteiger partial charge < -0.3 is 5.32 Å². The van der Waals surface area contributed by atoms with Gasteiger partial charge in [-0.05, 0) is 38.1 Å². The van der Waals surface area contributed by atoms with Gasteiger partial charge in [0.2, 0.25) is 0 Å². The van der Waals surface area contributed by atoms with Crippen molar-refractivity contribution in [2.75, 3.05) is 6.54 Å². The molecule has 1 nitrogen and oxygen atoms in total. The summed E-state index contributed by atoms with van der Waals surface area (Å²) in [6, 6.07) is 1.77. The van der Waals surface area contributed by atoms with E-state index < -0.39 is 23.6 Å². The van der Waals surface area contributed by atoms with Crippen LogP contribution in [0.15, 0.2) is 12.1 Å². The lowest BCUT2D eigenvalue weighted by molar-refractivity contribution is 0.0371. The highest BCUT2D eigenvalue weighted by atomic mass is 19.3. The first-order chi connectivity index (χ1) is 7.82. The average molecular weight is 249 g/mol. The molecule has 0 heterocycles. The number of nitrogens with one attached hydrogen (secondary N) is 1. The van der Waals surface area contributed by atoms with E-state index in [0.29, 0.717) is 0 Å². The van der Waals surface area contributed by atoms with E-state index in [9.17, 15) is 17.6 Å². The van der Waals surface area contributed by atoms with Crippen LogP contribution < -0.4 is 5.32 Å². The fraction of sp³-hybridized carbons (Fsp3) is 0.500. The Balaban J connectivity index is 3.33. The van der Waals surface area contributed by atoms with Crippen molar-refractivity contribution in [2.45, 2.75) is 32.7 Å².